The molecule has 1 aliphatic rings. The summed E-state index contributed by atoms with van der Waals surface area (Å²) in [7, 11) is 1.81. The van der Waals surface area contributed by atoms with Crippen LogP contribution >= 0.6 is 0 Å². The Labute approximate surface area is 140 Å². The van der Waals surface area contributed by atoms with Gasteiger partial charge in [-0.2, -0.15) is 0 Å². The molecule has 0 N–H and O–H groups in total. The maximum atomic E-state index is 12.0. The van der Waals surface area contributed by atoms with Gasteiger partial charge in [-0.15, -0.1) is 0 Å². The lowest BCUT2D eigenvalue weighted by Crippen LogP contribution is -2.47. The van der Waals surface area contributed by atoms with E-state index in [0.29, 0.717) is 5.92 Å². The van der Waals surface area contributed by atoms with Crippen molar-refractivity contribution in [1.29, 1.82) is 0 Å². The molecule has 5 heteroatoms. The molecule has 1 aromatic rings. The van der Waals surface area contributed by atoms with Crippen LogP contribution in [0.5, 0.6) is 0 Å². The summed E-state index contributed by atoms with van der Waals surface area (Å²) in [6.07, 6.45) is 1.80. The highest BCUT2D eigenvalue weighted by atomic mass is 16.2. The van der Waals surface area contributed by atoms with Crippen molar-refractivity contribution in [3.8, 4) is 0 Å². The third-order valence-electron chi connectivity index (χ3n) is 4.26. The standard InChI is InChI=1S/C18H30N4O/c1-14(2)13-21-8-10-22(11-9-21)17-7-6-16(12-19-17)20(5)18(23)15(3)4/h6-7,12,14-15H,8-11,13H2,1-5H3. The number of rotatable bonds is 5. The van der Waals surface area contributed by atoms with Crippen molar-refractivity contribution >= 4 is 17.4 Å². The Morgan fingerprint density at radius 1 is 1.17 bits per heavy atom. The number of nitrogens with zero attached hydrogens (tertiary/aromatic N) is 4. The number of amides is 1. The highest BCUT2D eigenvalue weighted by Crippen LogP contribution is 2.19. The normalized spacial score (nSPS) is 16.2. The van der Waals surface area contributed by atoms with E-state index in [9.17, 15) is 4.79 Å². The predicted octanol–water partition coefficient (Wildman–Crippen LogP) is 2.48. The van der Waals surface area contributed by atoms with Crippen LogP contribution in [0.25, 0.3) is 0 Å². The lowest BCUT2D eigenvalue weighted by atomic mass is 10.2. The van der Waals surface area contributed by atoms with Gasteiger partial charge in [-0.05, 0) is 18.1 Å². The number of hydrogen-bond acceptors (Lipinski definition) is 4. The topological polar surface area (TPSA) is 39.7 Å². The van der Waals surface area contributed by atoms with Crippen LogP contribution in [0.3, 0.4) is 0 Å². The molecule has 23 heavy (non-hydrogen) atoms. The van der Waals surface area contributed by atoms with Gasteiger partial charge in [0.25, 0.3) is 0 Å². The highest BCUT2D eigenvalue weighted by Gasteiger charge is 2.19. The molecule has 1 aliphatic heterocycles. The van der Waals surface area contributed by atoms with E-state index >= 15 is 0 Å². The fourth-order valence-corrected chi connectivity index (χ4v) is 2.95. The van der Waals surface area contributed by atoms with Crippen molar-refractivity contribution in [3.05, 3.63) is 18.3 Å². The molecule has 1 amide bonds. The maximum absolute atomic E-state index is 12.0. The van der Waals surface area contributed by atoms with Gasteiger partial charge in [-0.3, -0.25) is 9.69 Å². The third-order valence-corrected chi connectivity index (χ3v) is 4.26. The van der Waals surface area contributed by atoms with E-state index in [2.05, 4.69) is 28.6 Å². The van der Waals surface area contributed by atoms with Crippen LogP contribution in [0.1, 0.15) is 27.7 Å². The number of carbonyl (C=O) groups is 1. The predicted molar refractivity (Wildman–Crippen MR) is 96.0 cm³/mol. The zero-order valence-corrected chi connectivity index (χ0v) is 15.1. The van der Waals surface area contributed by atoms with Crippen LogP contribution in [0.2, 0.25) is 0 Å². The first-order valence-electron chi connectivity index (χ1n) is 8.59. The van der Waals surface area contributed by atoms with Gasteiger partial charge in [-0.1, -0.05) is 27.7 Å². The first kappa shape index (κ1) is 17.7. The Balaban J connectivity index is 1.94. The molecule has 2 heterocycles. The molecule has 0 aromatic carbocycles. The van der Waals surface area contributed by atoms with Crippen molar-refractivity contribution in [3.63, 3.8) is 0 Å². The van der Waals surface area contributed by atoms with Gasteiger partial charge < -0.3 is 9.80 Å². The number of anilines is 2. The van der Waals surface area contributed by atoms with Crippen molar-refractivity contribution in [2.75, 3.05) is 49.6 Å². The number of pyridine rings is 1. The Hall–Kier alpha value is -1.62. The van der Waals surface area contributed by atoms with Gasteiger partial charge in [0.2, 0.25) is 5.91 Å². The Morgan fingerprint density at radius 3 is 2.30 bits per heavy atom. The molecule has 1 aromatic heterocycles. The average Bonchev–Trinajstić information content (AvgIpc) is 2.53. The summed E-state index contributed by atoms with van der Waals surface area (Å²) in [5.74, 6) is 1.83. The van der Waals surface area contributed by atoms with E-state index in [1.165, 1.54) is 6.54 Å². The van der Waals surface area contributed by atoms with E-state index in [4.69, 9.17) is 0 Å². The van der Waals surface area contributed by atoms with Crippen LogP contribution in [0.4, 0.5) is 11.5 Å². The largest absolute Gasteiger partial charge is 0.354 e. The van der Waals surface area contributed by atoms with Gasteiger partial charge in [0.1, 0.15) is 5.82 Å². The summed E-state index contributed by atoms with van der Waals surface area (Å²) in [6, 6.07) is 4.01. The van der Waals surface area contributed by atoms with Crippen molar-refractivity contribution in [2.45, 2.75) is 27.7 Å². The molecular formula is C18H30N4O. The van der Waals surface area contributed by atoms with Gasteiger partial charge in [-0.25, -0.2) is 4.98 Å². The molecule has 0 atom stereocenters. The average molecular weight is 318 g/mol. The summed E-state index contributed by atoms with van der Waals surface area (Å²) in [5.41, 5.74) is 0.853. The van der Waals surface area contributed by atoms with Crippen molar-refractivity contribution in [2.24, 2.45) is 11.8 Å². The van der Waals surface area contributed by atoms with Gasteiger partial charge in [0.15, 0.2) is 0 Å². The zero-order chi connectivity index (χ0) is 17.0. The molecule has 0 saturated carbocycles. The summed E-state index contributed by atoms with van der Waals surface area (Å²) in [4.78, 5) is 23.1. The molecule has 1 saturated heterocycles. The Morgan fingerprint density at radius 2 is 1.83 bits per heavy atom. The smallest absolute Gasteiger partial charge is 0.229 e. The van der Waals surface area contributed by atoms with Crippen LogP contribution in [-0.4, -0.2) is 55.6 Å². The molecule has 0 unspecified atom stereocenters. The molecule has 128 valence electrons. The second-order valence-corrected chi connectivity index (χ2v) is 7.11. The molecule has 0 spiro atoms. The third kappa shape index (κ3) is 4.67. The molecule has 5 nitrogen and oxygen atoms in total. The second-order valence-electron chi connectivity index (χ2n) is 7.11. The minimum Gasteiger partial charge on any atom is -0.354 e. The monoisotopic (exact) mass is 318 g/mol. The quantitative estimate of drug-likeness (QED) is 0.836. The first-order valence-corrected chi connectivity index (χ1v) is 8.59. The Kier molecular flexibility index (Phi) is 5.99. The fourth-order valence-electron chi connectivity index (χ4n) is 2.95. The molecule has 0 aliphatic carbocycles. The molecular weight excluding hydrogens is 288 g/mol. The summed E-state index contributed by atoms with van der Waals surface area (Å²) in [5, 5.41) is 0. The van der Waals surface area contributed by atoms with Gasteiger partial charge in [0, 0.05) is 45.7 Å². The molecule has 0 bridgehead atoms. The maximum Gasteiger partial charge on any atom is 0.229 e. The van der Waals surface area contributed by atoms with E-state index in [1.54, 1.807) is 11.1 Å². The highest BCUT2D eigenvalue weighted by molar-refractivity contribution is 5.93. The first-order chi connectivity index (χ1) is 10.9. The molecule has 1 fully saturated rings. The minimum atomic E-state index is -0.00582. The zero-order valence-electron chi connectivity index (χ0n) is 15.1. The number of piperazine rings is 1. The minimum absolute atomic E-state index is 0.00582. The molecule has 0 radical (unpaired) electrons. The summed E-state index contributed by atoms with van der Waals surface area (Å²) < 4.78 is 0. The van der Waals surface area contributed by atoms with Crippen molar-refractivity contribution < 1.29 is 4.79 Å². The van der Waals surface area contributed by atoms with Crippen LogP contribution in [0, 0.1) is 11.8 Å². The van der Waals surface area contributed by atoms with Crippen LogP contribution < -0.4 is 9.80 Å². The SMILES string of the molecule is CC(C)CN1CCN(c2ccc(N(C)C(=O)C(C)C)cn2)CC1. The summed E-state index contributed by atoms with van der Waals surface area (Å²) >= 11 is 0. The van der Waals surface area contributed by atoms with Gasteiger partial charge >= 0.3 is 0 Å². The summed E-state index contributed by atoms with van der Waals surface area (Å²) in [6.45, 7) is 13.7. The molecule has 2 rings (SSSR count). The lowest BCUT2D eigenvalue weighted by Gasteiger charge is -2.36. The number of carbonyl (C=O) groups excluding carboxylic acids is 1. The number of hydrogen-bond donors (Lipinski definition) is 0. The second kappa shape index (κ2) is 7.77. The lowest BCUT2D eigenvalue weighted by molar-refractivity contribution is -0.121. The van der Waals surface area contributed by atoms with Gasteiger partial charge in [0.05, 0.1) is 11.9 Å². The number of aromatic nitrogens is 1. The van der Waals surface area contributed by atoms with E-state index in [0.717, 1.165) is 37.7 Å². The van der Waals surface area contributed by atoms with Crippen LogP contribution in [-0.2, 0) is 4.79 Å². The van der Waals surface area contributed by atoms with Crippen molar-refractivity contribution in [1.82, 2.24) is 9.88 Å². The van der Waals surface area contributed by atoms with E-state index in [1.807, 2.05) is 33.0 Å². The van der Waals surface area contributed by atoms with E-state index in [-0.39, 0.29) is 11.8 Å². The van der Waals surface area contributed by atoms with Crippen LogP contribution in [0.15, 0.2) is 18.3 Å². The Bertz CT molecular complexity index is 504. The van der Waals surface area contributed by atoms with E-state index < -0.39 is 0 Å². The fraction of sp³-hybridized carbons (Fsp3) is 0.667.